The van der Waals surface area contributed by atoms with Crippen molar-refractivity contribution in [2.45, 2.75) is 26.2 Å². The molecule has 142 valence electrons. The number of rotatable bonds is 0. The van der Waals surface area contributed by atoms with Crippen LogP contribution in [0.3, 0.4) is 0 Å². The Labute approximate surface area is 177 Å². The van der Waals surface area contributed by atoms with Gasteiger partial charge in [-0.2, -0.15) is 0 Å². The second-order valence-corrected chi connectivity index (χ2v) is 9.49. The lowest BCUT2D eigenvalue weighted by atomic mass is 9.30. The lowest BCUT2D eigenvalue weighted by Gasteiger charge is -2.42. The Hall–Kier alpha value is -3.26. The summed E-state index contributed by atoms with van der Waals surface area (Å²) in [5.41, 5.74) is 12.7. The quantitative estimate of drug-likeness (QED) is 0.339. The van der Waals surface area contributed by atoms with Gasteiger partial charge in [-0.05, 0) is 46.7 Å². The molecular weight excluding hydrogens is 361 g/mol. The van der Waals surface area contributed by atoms with Crippen molar-refractivity contribution in [3.8, 4) is 5.69 Å². The Kier molecular flexibility index (Phi) is 2.90. The van der Waals surface area contributed by atoms with Crippen LogP contribution in [0.4, 0.5) is 0 Å². The zero-order valence-corrected chi connectivity index (χ0v) is 17.5. The predicted octanol–water partition coefficient (Wildman–Crippen LogP) is 4.56. The van der Waals surface area contributed by atoms with Crippen LogP contribution in [0.1, 0.15) is 30.5 Å². The summed E-state index contributed by atoms with van der Waals surface area (Å²) in [6.45, 7) is 7.31. The fourth-order valence-electron chi connectivity index (χ4n) is 6.25. The van der Waals surface area contributed by atoms with Crippen LogP contribution in [0, 0.1) is 6.92 Å². The molecule has 1 nitrogen and oxygen atoms in total. The van der Waals surface area contributed by atoms with Gasteiger partial charge in [0.1, 0.15) is 0 Å². The number of aryl methyl sites for hydroxylation is 1. The van der Waals surface area contributed by atoms with Crippen molar-refractivity contribution in [3.05, 3.63) is 95.6 Å². The molecule has 0 saturated heterocycles. The van der Waals surface area contributed by atoms with E-state index in [1.807, 2.05) is 0 Å². The van der Waals surface area contributed by atoms with E-state index in [0.717, 1.165) is 0 Å². The Morgan fingerprint density at radius 2 is 1.47 bits per heavy atom. The first-order valence-electron chi connectivity index (χ1n) is 10.8. The van der Waals surface area contributed by atoms with Gasteiger partial charge in [-0.25, -0.2) is 0 Å². The molecule has 2 aliphatic heterocycles. The number of fused-ring (bicyclic) bond motifs is 7. The fourth-order valence-corrected chi connectivity index (χ4v) is 6.25. The number of aromatic nitrogens is 1. The number of hydrogen-bond donors (Lipinski definition) is 0. The van der Waals surface area contributed by atoms with E-state index in [4.69, 9.17) is 0 Å². The molecule has 7 rings (SSSR count). The number of hydrogen-bond acceptors (Lipinski definition) is 0. The normalized spacial score (nSPS) is 15.4. The summed E-state index contributed by atoms with van der Waals surface area (Å²) in [7, 11) is 0. The predicted molar refractivity (Wildman–Crippen MR) is 129 cm³/mol. The molecule has 1 aromatic heterocycles. The molecule has 0 atom stereocenters. The van der Waals surface area contributed by atoms with Crippen LogP contribution in [0.5, 0.6) is 0 Å². The smallest absolute Gasteiger partial charge is 0.247 e. The van der Waals surface area contributed by atoms with Gasteiger partial charge in [0.2, 0.25) is 6.71 Å². The minimum atomic E-state index is -0.0163. The summed E-state index contributed by atoms with van der Waals surface area (Å²) in [6.07, 6.45) is 0. The van der Waals surface area contributed by atoms with Gasteiger partial charge in [0, 0.05) is 27.4 Å². The molecule has 0 bridgehead atoms. The highest BCUT2D eigenvalue weighted by molar-refractivity contribution is 6.99. The molecule has 5 aromatic rings. The molecule has 0 spiro atoms. The lowest BCUT2D eigenvalue weighted by Crippen LogP contribution is -2.63. The topological polar surface area (TPSA) is 4.93 Å². The maximum atomic E-state index is 2.53. The van der Waals surface area contributed by atoms with Crippen molar-refractivity contribution < 1.29 is 0 Å². The van der Waals surface area contributed by atoms with Gasteiger partial charge in [0.05, 0.1) is 5.52 Å². The minimum Gasteiger partial charge on any atom is -0.310 e. The number of benzene rings is 4. The van der Waals surface area contributed by atoms with Crippen molar-refractivity contribution in [2.75, 3.05) is 0 Å². The van der Waals surface area contributed by atoms with Crippen molar-refractivity contribution in [1.82, 2.24) is 4.57 Å². The van der Waals surface area contributed by atoms with Crippen LogP contribution in [0.2, 0.25) is 0 Å². The molecule has 0 amide bonds. The highest BCUT2D eigenvalue weighted by Gasteiger charge is 2.44. The summed E-state index contributed by atoms with van der Waals surface area (Å²) >= 11 is 0. The third-order valence-electron chi connectivity index (χ3n) is 7.49. The molecule has 4 aromatic carbocycles. The molecule has 0 fully saturated rings. The maximum Gasteiger partial charge on any atom is 0.247 e. The molecular formula is C28H22BN. The summed E-state index contributed by atoms with van der Waals surface area (Å²) < 4.78 is 2.53. The van der Waals surface area contributed by atoms with E-state index in [2.05, 4.69) is 104 Å². The molecule has 2 aliphatic rings. The van der Waals surface area contributed by atoms with Crippen molar-refractivity contribution in [3.63, 3.8) is 0 Å². The Balaban J connectivity index is 1.78. The van der Waals surface area contributed by atoms with E-state index in [-0.39, 0.29) is 5.41 Å². The fraction of sp³-hybridized carbons (Fsp3) is 0.143. The average molecular weight is 383 g/mol. The van der Waals surface area contributed by atoms with Gasteiger partial charge in [-0.1, -0.05) is 86.0 Å². The van der Waals surface area contributed by atoms with Gasteiger partial charge >= 0.3 is 0 Å². The second-order valence-electron chi connectivity index (χ2n) is 9.49. The maximum absolute atomic E-state index is 2.53. The van der Waals surface area contributed by atoms with Gasteiger partial charge in [-0.3, -0.25) is 0 Å². The standard InChI is InChI=1S/C28H22BN/c1-17-15-21-26-25(16-17)30-24-14-7-4-9-18(24)19-10-8-13-23(27(19)30)29(26)22-12-6-5-11-20(22)28(21,2)3/h4-16H,1-3H3. The van der Waals surface area contributed by atoms with Crippen LogP contribution in [-0.4, -0.2) is 11.3 Å². The van der Waals surface area contributed by atoms with Gasteiger partial charge in [0.25, 0.3) is 0 Å². The summed E-state index contributed by atoms with van der Waals surface area (Å²) in [4.78, 5) is 0. The van der Waals surface area contributed by atoms with Gasteiger partial charge in [0.15, 0.2) is 0 Å². The van der Waals surface area contributed by atoms with Crippen LogP contribution in [0.15, 0.2) is 78.9 Å². The van der Waals surface area contributed by atoms with Crippen molar-refractivity contribution in [1.29, 1.82) is 0 Å². The zero-order valence-electron chi connectivity index (χ0n) is 17.5. The third kappa shape index (κ3) is 1.77. The zero-order chi connectivity index (χ0) is 20.2. The van der Waals surface area contributed by atoms with Crippen LogP contribution in [0.25, 0.3) is 27.5 Å². The molecule has 0 aliphatic carbocycles. The average Bonchev–Trinajstić information content (AvgIpc) is 3.09. The van der Waals surface area contributed by atoms with E-state index in [0.29, 0.717) is 6.71 Å². The molecule has 0 saturated carbocycles. The highest BCUT2D eigenvalue weighted by atomic mass is 15.0. The Morgan fingerprint density at radius 3 is 2.37 bits per heavy atom. The van der Waals surface area contributed by atoms with E-state index >= 15 is 0 Å². The largest absolute Gasteiger partial charge is 0.310 e. The molecule has 3 heterocycles. The minimum absolute atomic E-state index is 0.0163. The SMILES string of the molecule is Cc1cc2c3c(c1)C(C)(C)c1ccccc1B3c1cccc3c4ccccc4n-2c13. The molecule has 30 heavy (non-hydrogen) atoms. The first-order valence-corrected chi connectivity index (χ1v) is 10.8. The van der Waals surface area contributed by atoms with E-state index < -0.39 is 0 Å². The van der Waals surface area contributed by atoms with E-state index in [1.165, 1.54) is 60.6 Å². The number of nitrogens with zero attached hydrogens (tertiary/aromatic N) is 1. The third-order valence-corrected chi connectivity index (χ3v) is 7.49. The van der Waals surface area contributed by atoms with E-state index in [1.54, 1.807) is 0 Å². The Morgan fingerprint density at radius 1 is 0.733 bits per heavy atom. The van der Waals surface area contributed by atoms with Crippen molar-refractivity contribution in [2.24, 2.45) is 0 Å². The lowest BCUT2D eigenvalue weighted by molar-refractivity contribution is 0.644. The van der Waals surface area contributed by atoms with Gasteiger partial charge < -0.3 is 4.57 Å². The monoisotopic (exact) mass is 383 g/mol. The van der Waals surface area contributed by atoms with Crippen LogP contribution >= 0.6 is 0 Å². The van der Waals surface area contributed by atoms with Crippen LogP contribution in [-0.2, 0) is 5.41 Å². The molecule has 0 N–H and O–H groups in total. The highest BCUT2D eigenvalue weighted by Crippen LogP contribution is 2.39. The number of para-hydroxylation sites is 2. The molecule has 0 radical (unpaired) electrons. The first-order chi connectivity index (χ1) is 14.6. The summed E-state index contributed by atoms with van der Waals surface area (Å²) in [5, 5.41) is 2.70. The van der Waals surface area contributed by atoms with Crippen molar-refractivity contribution >= 4 is 44.9 Å². The Bertz CT molecular complexity index is 1540. The second kappa shape index (κ2) is 5.26. The van der Waals surface area contributed by atoms with Crippen LogP contribution < -0.4 is 16.4 Å². The summed E-state index contributed by atoms with van der Waals surface area (Å²) in [5.74, 6) is 0. The van der Waals surface area contributed by atoms with Gasteiger partial charge in [-0.15, -0.1) is 0 Å². The molecule has 0 unspecified atom stereocenters. The first kappa shape index (κ1) is 16.5. The van der Waals surface area contributed by atoms with E-state index in [9.17, 15) is 0 Å². The summed E-state index contributed by atoms with van der Waals surface area (Å²) in [6, 6.07) is 29.7. The molecule has 2 heteroatoms.